The molecule has 0 bridgehead atoms. The Labute approximate surface area is 212 Å². The van der Waals surface area contributed by atoms with E-state index in [1.54, 1.807) is 0 Å². The van der Waals surface area contributed by atoms with Crippen LogP contribution in [0.1, 0.15) is 25.6 Å². The van der Waals surface area contributed by atoms with Crippen molar-refractivity contribution in [2.45, 2.75) is 11.3 Å². The number of carboxylic acids is 1. The zero-order valence-electron chi connectivity index (χ0n) is 17.1. The van der Waals surface area contributed by atoms with Crippen molar-refractivity contribution in [3.8, 4) is 0 Å². The van der Waals surface area contributed by atoms with Crippen molar-refractivity contribution < 1.29 is 27.9 Å². The predicted octanol–water partition coefficient (Wildman–Crippen LogP) is 4.96. The van der Waals surface area contributed by atoms with Crippen molar-refractivity contribution in [3.05, 3.63) is 72.9 Å². The average Bonchev–Trinajstić information content (AvgIpc) is 3.20. The Kier molecular flexibility index (Phi) is 6.38. The molecule has 0 saturated carbocycles. The largest absolute Gasteiger partial charge is 0.477 e. The summed E-state index contributed by atoms with van der Waals surface area (Å²) in [6.45, 7) is 0. The molecule has 1 N–H and O–H groups in total. The second-order valence-corrected chi connectivity index (χ2v) is 11.2. The van der Waals surface area contributed by atoms with Crippen molar-refractivity contribution >= 4 is 85.3 Å². The number of thiophene rings is 1. The highest BCUT2D eigenvalue weighted by Crippen LogP contribution is 2.37. The Morgan fingerprint density at radius 2 is 1.74 bits per heavy atom. The minimum absolute atomic E-state index is 0.0617. The first kappa shape index (κ1) is 24.5. The summed E-state index contributed by atoms with van der Waals surface area (Å²) < 4.78 is 27.5. The van der Waals surface area contributed by atoms with Crippen molar-refractivity contribution in [1.29, 1.82) is 0 Å². The average molecular weight is 560 g/mol. The number of carbonyl (C=O) groups excluding carboxylic acids is 2. The van der Waals surface area contributed by atoms with Crippen molar-refractivity contribution in [2.75, 3.05) is 16.3 Å². The number of sulfonamides is 1. The Hall–Kier alpha value is -2.63. The Morgan fingerprint density at radius 1 is 1.06 bits per heavy atom. The molecule has 3 aromatic rings. The van der Waals surface area contributed by atoms with Crippen LogP contribution < -0.4 is 9.21 Å². The second-order valence-electron chi connectivity index (χ2n) is 7.17. The molecule has 34 heavy (non-hydrogen) atoms. The van der Waals surface area contributed by atoms with Gasteiger partial charge in [0, 0.05) is 7.05 Å². The summed E-state index contributed by atoms with van der Waals surface area (Å²) in [5.41, 5.74) is 0.237. The maximum absolute atomic E-state index is 13.3. The van der Waals surface area contributed by atoms with Gasteiger partial charge >= 0.3 is 5.97 Å². The maximum atomic E-state index is 13.3. The molecule has 13 heteroatoms. The molecular weight excluding hydrogens is 547 g/mol. The molecule has 0 spiro atoms. The quantitative estimate of drug-likeness (QED) is 0.442. The van der Waals surface area contributed by atoms with Crippen LogP contribution in [0.3, 0.4) is 0 Å². The van der Waals surface area contributed by atoms with E-state index in [0.29, 0.717) is 10.5 Å². The summed E-state index contributed by atoms with van der Waals surface area (Å²) in [5, 5.41) is 11.2. The first-order valence-electron chi connectivity index (χ1n) is 9.38. The third kappa shape index (κ3) is 4.05. The normalized spacial score (nSPS) is 13.7. The van der Waals surface area contributed by atoms with E-state index in [-0.39, 0.29) is 48.2 Å². The summed E-state index contributed by atoms with van der Waals surface area (Å²) in [6, 6.07) is 7.86. The fraction of sp³-hybridized carbons (Fsp3) is 0.0952. The molecule has 2 amide bonds. The third-order valence-electron chi connectivity index (χ3n) is 5.15. The molecule has 2 heterocycles. The molecule has 0 fully saturated rings. The highest BCUT2D eigenvalue weighted by molar-refractivity contribution is 7.92. The van der Waals surface area contributed by atoms with Crippen LogP contribution in [0.15, 0.2) is 46.7 Å². The van der Waals surface area contributed by atoms with Gasteiger partial charge in [-0.3, -0.25) is 13.9 Å². The van der Waals surface area contributed by atoms with Gasteiger partial charge in [0.2, 0.25) is 5.91 Å². The Bertz CT molecular complexity index is 1490. The molecule has 0 unspecified atom stereocenters. The fourth-order valence-corrected chi connectivity index (χ4v) is 6.03. The smallest absolute Gasteiger partial charge is 0.346 e. The number of hydrogen-bond acceptors (Lipinski definition) is 6. The van der Waals surface area contributed by atoms with E-state index in [0.717, 1.165) is 21.7 Å². The van der Waals surface area contributed by atoms with E-state index in [2.05, 4.69) is 0 Å². The molecule has 8 nitrogen and oxygen atoms in total. The van der Waals surface area contributed by atoms with Gasteiger partial charge in [-0.25, -0.2) is 18.1 Å². The summed E-state index contributed by atoms with van der Waals surface area (Å²) in [5.74, 6) is -2.86. The summed E-state index contributed by atoms with van der Waals surface area (Å²) >= 11 is 19.0. The standard InChI is InChI=1S/C21H13Cl3N2O6S2/c1-25(11-2-4-13(22)15(24)7-11)34(31,32)12-3-5-14(23)16(8-12)26-17(27)6-10-9-33-19(21(29)30)18(10)20(26)28/h2-5,7-9H,6H2,1H3,(H,29,30). The number of nitrogens with zero attached hydrogens (tertiary/aromatic N) is 2. The topological polar surface area (TPSA) is 112 Å². The van der Waals surface area contributed by atoms with Crippen LogP contribution in [0.2, 0.25) is 15.1 Å². The molecule has 0 saturated heterocycles. The molecule has 1 aromatic heterocycles. The maximum Gasteiger partial charge on any atom is 0.346 e. The number of carboxylic acid groups (broad SMARTS) is 1. The van der Waals surface area contributed by atoms with Crippen molar-refractivity contribution in [3.63, 3.8) is 0 Å². The Morgan fingerprint density at radius 3 is 2.38 bits per heavy atom. The first-order valence-corrected chi connectivity index (χ1v) is 12.8. The lowest BCUT2D eigenvalue weighted by atomic mass is 10.0. The monoisotopic (exact) mass is 558 g/mol. The number of carbonyl (C=O) groups is 3. The summed E-state index contributed by atoms with van der Waals surface area (Å²) in [4.78, 5) is 37.7. The number of benzene rings is 2. The molecule has 1 aliphatic heterocycles. The van der Waals surface area contributed by atoms with Gasteiger partial charge in [-0.15, -0.1) is 11.3 Å². The van der Waals surface area contributed by atoms with E-state index in [1.807, 2.05) is 0 Å². The van der Waals surface area contributed by atoms with Gasteiger partial charge in [-0.1, -0.05) is 34.8 Å². The van der Waals surface area contributed by atoms with Crippen LogP contribution in [-0.4, -0.2) is 38.4 Å². The highest BCUT2D eigenvalue weighted by Gasteiger charge is 2.38. The highest BCUT2D eigenvalue weighted by atomic mass is 35.5. The fourth-order valence-electron chi connectivity index (χ4n) is 3.43. The summed E-state index contributed by atoms with van der Waals surface area (Å²) in [6.07, 6.45) is -0.235. The molecule has 2 aromatic carbocycles. The van der Waals surface area contributed by atoms with Crippen LogP contribution in [0.5, 0.6) is 0 Å². The van der Waals surface area contributed by atoms with Crippen LogP contribution in [0, 0.1) is 0 Å². The van der Waals surface area contributed by atoms with Crippen LogP contribution in [0.4, 0.5) is 11.4 Å². The van der Waals surface area contributed by atoms with E-state index >= 15 is 0 Å². The molecule has 0 radical (unpaired) electrons. The van der Waals surface area contributed by atoms with Crippen molar-refractivity contribution in [2.24, 2.45) is 0 Å². The van der Waals surface area contributed by atoms with Crippen LogP contribution in [0.25, 0.3) is 0 Å². The molecule has 1 aliphatic rings. The SMILES string of the molecule is CN(c1ccc(Cl)c(Cl)c1)S(=O)(=O)c1ccc(Cl)c(N2C(=O)Cc3csc(C(=O)O)c3C2=O)c1. The number of imide groups is 1. The lowest BCUT2D eigenvalue weighted by molar-refractivity contribution is -0.117. The van der Waals surface area contributed by atoms with Gasteiger partial charge in [0.25, 0.3) is 15.9 Å². The first-order chi connectivity index (χ1) is 15.9. The van der Waals surface area contributed by atoms with Gasteiger partial charge in [0.05, 0.1) is 43.3 Å². The summed E-state index contributed by atoms with van der Waals surface area (Å²) in [7, 11) is -2.87. The van der Waals surface area contributed by atoms with E-state index < -0.39 is 27.8 Å². The van der Waals surface area contributed by atoms with E-state index in [9.17, 15) is 27.9 Å². The molecule has 176 valence electrons. The molecular formula is C21H13Cl3N2O6S2. The number of rotatable bonds is 5. The molecule has 0 atom stereocenters. The van der Waals surface area contributed by atoms with Gasteiger partial charge in [-0.05, 0) is 47.3 Å². The second kappa shape index (κ2) is 8.86. The number of amides is 2. The third-order valence-corrected chi connectivity index (χ3v) is 9.01. The van der Waals surface area contributed by atoms with Gasteiger partial charge in [-0.2, -0.15) is 0 Å². The lowest BCUT2D eigenvalue weighted by Gasteiger charge is -2.27. The number of hydrogen-bond donors (Lipinski definition) is 1. The minimum atomic E-state index is -4.17. The lowest BCUT2D eigenvalue weighted by Crippen LogP contribution is -2.43. The predicted molar refractivity (Wildman–Crippen MR) is 130 cm³/mol. The van der Waals surface area contributed by atoms with Gasteiger partial charge < -0.3 is 5.11 Å². The number of anilines is 2. The van der Waals surface area contributed by atoms with Gasteiger partial charge in [0.15, 0.2) is 0 Å². The zero-order valence-corrected chi connectivity index (χ0v) is 21.0. The molecule has 4 rings (SSSR count). The van der Waals surface area contributed by atoms with Gasteiger partial charge in [0.1, 0.15) is 4.88 Å². The van der Waals surface area contributed by atoms with E-state index in [1.165, 1.54) is 42.8 Å². The van der Waals surface area contributed by atoms with Crippen LogP contribution in [-0.2, 0) is 21.2 Å². The number of fused-ring (bicyclic) bond motifs is 1. The molecule has 0 aliphatic carbocycles. The Balaban J connectivity index is 1.78. The zero-order chi connectivity index (χ0) is 24.9. The number of halogens is 3. The van der Waals surface area contributed by atoms with Crippen LogP contribution >= 0.6 is 46.1 Å². The van der Waals surface area contributed by atoms with E-state index in [4.69, 9.17) is 34.8 Å². The number of aromatic carboxylic acids is 1. The van der Waals surface area contributed by atoms with Crippen molar-refractivity contribution in [1.82, 2.24) is 0 Å². The minimum Gasteiger partial charge on any atom is -0.477 e.